The highest BCUT2D eigenvalue weighted by Gasteiger charge is 2.33. The molecule has 1 aliphatic heterocycles. The van der Waals surface area contributed by atoms with Crippen LogP contribution in [0.4, 0.5) is 0 Å². The molecule has 3 amide bonds. The third-order valence-corrected chi connectivity index (χ3v) is 6.38. The molecular weight excluding hydrogens is 444 g/mol. The number of aromatic amines is 1. The second kappa shape index (κ2) is 9.93. The summed E-state index contributed by atoms with van der Waals surface area (Å²) in [5.74, 6) is -0.637. The maximum Gasteiger partial charge on any atom is 0.290 e. The molecule has 4 rings (SSSR count). The first-order valence-corrected chi connectivity index (χ1v) is 12.1. The largest absolute Gasteiger partial charge is 0.361 e. The Morgan fingerprint density at radius 2 is 1.83 bits per heavy atom. The molecule has 0 bridgehead atoms. The van der Waals surface area contributed by atoms with E-state index in [4.69, 9.17) is 0 Å². The first kappa shape index (κ1) is 24.5. The normalized spacial score (nSPS) is 14.1. The van der Waals surface area contributed by atoms with Crippen molar-refractivity contribution in [2.45, 2.75) is 51.9 Å². The quantitative estimate of drug-likeness (QED) is 0.545. The van der Waals surface area contributed by atoms with Gasteiger partial charge in [0.2, 0.25) is 11.8 Å². The number of fused-ring (bicyclic) bond motifs is 1. The van der Waals surface area contributed by atoms with Crippen molar-refractivity contribution < 1.29 is 14.4 Å². The monoisotopic (exact) mass is 478 g/mol. The van der Waals surface area contributed by atoms with E-state index in [0.29, 0.717) is 38.2 Å². The van der Waals surface area contributed by atoms with Crippen LogP contribution in [-0.4, -0.2) is 62.1 Å². The van der Waals surface area contributed by atoms with Crippen LogP contribution < -0.4 is 5.32 Å². The zero-order valence-electron chi connectivity index (χ0n) is 20.9. The van der Waals surface area contributed by atoms with Crippen molar-refractivity contribution in [3.63, 3.8) is 0 Å². The molecule has 1 fully saturated rings. The van der Waals surface area contributed by atoms with E-state index in [0.717, 1.165) is 22.2 Å². The molecule has 0 saturated carbocycles. The molecular formula is C26H34N6O3. The SMILES string of the molecule is Cn1nc(C(C)(C)C)cc1C(=O)N1CCCN1C(=O)CCC(=O)NCCc1c[nH]c2ccccc12. The first-order chi connectivity index (χ1) is 16.6. The molecule has 2 N–H and O–H groups in total. The van der Waals surface area contributed by atoms with Crippen LogP contribution in [0.15, 0.2) is 36.5 Å². The highest BCUT2D eigenvalue weighted by atomic mass is 16.2. The van der Waals surface area contributed by atoms with Gasteiger partial charge < -0.3 is 10.3 Å². The number of carbonyl (C=O) groups is 3. The fourth-order valence-corrected chi connectivity index (χ4v) is 4.36. The lowest BCUT2D eigenvalue weighted by molar-refractivity contribution is -0.142. The van der Waals surface area contributed by atoms with E-state index >= 15 is 0 Å². The molecule has 0 atom stereocenters. The zero-order valence-corrected chi connectivity index (χ0v) is 20.9. The Kier molecular flexibility index (Phi) is 6.95. The molecule has 0 unspecified atom stereocenters. The summed E-state index contributed by atoms with van der Waals surface area (Å²) in [6, 6.07) is 9.85. The van der Waals surface area contributed by atoms with Crippen molar-refractivity contribution in [3.05, 3.63) is 53.5 Å². The maximum absolute atomic E-state index is 13.2. The Bertz CT molecular complexity index is 1240. The molecule has 0 radical (unpaired) electrons. The summed E-state index contributed by atoms with van der Waals surface area (Å²) < 4.78 is 1.57. The first-order valence-electron chi connectivity index (χ1n) is 12.1. The van der Waals surface area contributed by atoms with Gasteiger partial charge in [0.1, 0.15) is 5.69 Å². The predicted octanol–water partition coefficient (Wildman–Crippen LogP) is 2.93. The van der Waals surface area contributed by atoms with Gasteiger partial charge in [-0.15, -0.1) is 0 Å². The van der Waals surface area contributed by atoms with Crippen molar-refractivity contribution in [1.29, 1.82) is 0 Å². The van der Waals surface area contributed by atoms with Gasteiger partial charge in [0.25, 0.3) is 5.91 Å². The lowest BCUT2D eigenvalue weighted by Gasteiger charge is -2.27. The topological polar surface area (TPSA) is 103 Å². The van der Waals surface area contributed by atoms with Gasteiger partial charge in [-0.25, -0.2) is 5.01 Å². The van der Waals surface area contributed by atoms with Gasteiger partial charge in [0.15, 0.2) is 0 Å². The molecule has 0 aliphatic carbocycles. The van der Waals surface area contributed by atoms with Crippen LogP contribution in [0.5, 0.6) is 0 Å². The Morgan fingerprint density at radius 1 is 1.09 bits per heavy atom. The van der Waals surface area contributed by atoms with Crippen LogP contribution in [0.25, 0.3) is 10.9 Å². The van der Waals surface area contributed by atoms with Gasteiger partial charge in [-0.2, -0.15) is 5.10 Å². The molecule has 9 heteroatoms. The number of H-pyrrole nitrogens is 1. The minimum Gasteiger partial charge on any atom is -0.361 e. The van der Waals surface area contributed by atoms with Gasteiger partial charge in [-0.3, -0.25) is 24.1 Å². The number of rotatable bonds is 7. The molecule has 9 nitrogen and oxygen atoms in total. The molecule has 3 aromatic rings. The molecule has 1 aliphatic rings. The van der Waals surface area contributed by atoms with E-state index in [9.17, 15) is 14.4 Å². The molecule has 186 valence electrons. The average Bonchev–Trinajstić information content (AvgIpc) is 3.55. The fourth-order valence-electron chi connectivity index (χ4n) is 4.36. The number of aryl methyl sites for hydroxylation is 1. The molecule has 3 heterocycles. The number of carbonyl (C=O) groups excluding carboxylic acids is 3. The van der Waals surface area contributed by atoms with E-state index in [1.807, 2.05) is 45.2 Å². The second-order valence-electron chi connectivity index (χ2n) is 10.0. The van der Waals surface area contributed by atoms with Crippen molar-refractivity contribution in [3.8, 4) is 0 Å². The minimum atomic E-state index is -0.246. The number of hydrogen-bond donors (Lipinski definition) is 2. The van der Waals surface area contributed by atoms with Crippen LogP contribution in [0.1, 0.15) is 61.8 Å². The third kappa shape index (κ3) is 5.39. The van der Waals surface area contributed by atoms with Gasteiger partial charge in [-0.1, -0.05) is 39.0 Å². The van der Waals surface area contributed by atoms with Crippen molar-refractivity contribution >= 4 is 28.6 Å². The standard InChI is InChI=1S/C26H34N6O3/c1-26(2,3)22-16-21(30(4)29-22)25(35)32-15-7-14-31(32)24(34)11-10-23(33)27-13-12-18-17-28-20-9-6-5-8-19(18)20/h5-6,8-9,16-17,28H,7,10-15H2,1-4H3,(H,27,33). The van der Waals surface area contributed by atoms with Crippen LogP contribution in [0.2, 0.25) is 0 Å². The summed E-state index contributed by atoms with van der Waals surface area (Å²) in [6.45, 7) is 7.57. The van der Waals surface area contributed by atoms with Crippen LogP contribution in [0.3, 0.4) is 0 Å². The number of benzene rings is 1. The van der Waals surface area contributed by atoms with E-state index in [-0.39, 0.29) is 36.0 Å². The highest BCUT2D eigenvalue weighted by Crippen LogP contribution is 2.23. The summed E-state index contributed by atoms with van der Waals surface area (Å²) in [5, 5.41) is 11.5. The highest BCUT2D eigenvalue weighted by molar-refractivity contribution is 5.95. The maximum atomic E-state index is 13.2. The minimum absolute atomic E-state index is 0.0569. The van der Waals surface area contributed by atoms with Gasteiger partial charge in [-0.05, 0) is 30.5 Å². The van der Waals surface area contributed by atoms with E-state index in [1.54, 1.807) is 17.8 Å². The Hall–Kier alpha value is -3.62. The number of nitrogens with one attached hydrogen (secondary N) is 2. The number of hydrazine groups is 1. The number of para-hydroxylation sites is 1. The number of nitrogens with zero attached hydrogens (tertiary/aromatic N) is 4. The van der Waals surface area contributed by atoms with Gasteiger partial charge in [0.05, 0.1) is 5.69 Å². The third-order valence-electron chi connectivity index (χ3n) is 6.38. The Balaban J connectivity index is 1.28. The van der Waals surface area contributed by atoms with E-state index in [1.165, 1.54) is 10.0 Å². The van der Waals surface area contributed by atoms with E-state index < -0.39 is 0 Å². The summed E-state index contributed by atoms with van der Waals surface area (Å²) in [4.78, 5) is 41.7. The number of amides is 3. The smallest absolute Gasteiger partial charge is 0.290 e. The Labute approximate surface area is 205 Å². The number of aromatic nitrogens is 3. The molecule has 1 aromatic carbocycles. The summed E-state index contributed by atoms with van der Waals surface area (Å²) >= 11 is 0. The summed E-state index contributed by atoms with van der Waals surface area (Å²) in [5.41, 5.74) is 3.31. The van der Waals surface area contributed by atoms with Crippen LogP contribution in [-0.2, 0) is 28.5 Å². The van der Waals surface area contributed by atoms with Crippen molar-refractivity contribution in [1.82, 2.24) is 30.1 Å². The molecule has 2 aromatic heterocycles. The van der Waals surface area contributed by atoms with Crippen molar-refractivity contribution in [2.24, 2.45) is 7.05 Å². The number of hydrogen-bond acceptors (Lipinski definition) is 4. The lowest BCUT2D eigenvalue weighted by Crippen LogP contribution is -2.45. The fraction of sp³-hybridized carbons (Fsp3) is 0.462. The van der Waals surface area contributed by atoms with Gasteiger partial charge >= 0.3 is 0 Å². The summed E-state index contributed by atoms with van der Waals surface area (Å²) in [6.07, 6.45) is 3.52. The second-order valence-corrected chi connectivity index (χ2v) is 10.0. The molecule has 0 spiro atoms. The predicted molar refractivity (Wildman–Crippen MR) is 134 cm³/mol. The van der Waals surface area contributed by atoms with Gasteiger partial charge in [0, 0.05) is 62.0 Å². The van der Waals surface area contributed by atoms with E-state index in [2.05, 4.69) is 21.5 Å². The van der Waals surface area contributed by atoms with Crippen LogP contribution in [0, 0.1) is 0 Å². The average molecular weight is 479 g/mol. The summed E-state index contributed by atoms with van der Waals surface area (Å²) in [7, 11) is 1.74. The van der Waals surface area contributed by atoms with Crippen molar-refractivity contribution in [2.75, 3.05) is 19.6 Å². The molecule has 35 heavy (non-hydrogen) atoms. The molecule has 1 saturated heterocycles. The van der Waals surface area contributed by atoms with Crippen LogP contribution >= 0.6 is 0 Å². The lowest BCUT2D eigenvalue weighted by atomic mass is 9.92. The zero-order chi connectivity index (χ0) is 25.2. The Morgan fingerprint density at radius 3 is 2.57 bits per heavy atom.